The van der Waals surface area contributed by atoms with Crippen molar-refractivity contribution < 1.29 is 9.59 Å². The van der Waals surface area contributed by atoms with Gasteiger partial charge in [0.1, 0.15) is 0 Å². The van der Waals surface area contributed by atoms with Crippen molar-refractivity contribution in [3.63, 3.8) is 0 Å². The Morgan fingerprint density at radius 3 is 2.74 bits per heavy atom. The molecule has 1 fully saturated rings. The summed E-state index contributed by atoms with van der Waals surface area (Å²) in [5, 5.41) is 2.97. The number of likely N-dealkylation sites (tertiary alicyclic amines) is 1. The minimum atomic E-state index is 0.00475. The average Bonchev–Trinajstić information content (AvgIpc) is 2.58. The summed E-state index contributed by atoms with van der Waals surface area (Å²) >= 11 is 0. The fraction of sp³-hybridized carbons (Fsp3) is 0.474. The molecule has 2 rings (SSSR count). The van der Waals surface area contributed by atoms with Gasteiger partial charge in [-0.1, -0.05) is 44.2 Å². The summed E-state index contributed by atoms with van der Waals surface area (Å²) in [5.41, 5.74) is 1.03. The van der Waals surface area contributed by atoms with Gasteiger partial charge in [-0.05, 0) is 30.4 Å². The van der Waals surface area contributed by atoms with Crippen molar-refractivity contribution in [2.75, 3.05) is 19.6 Å². The van der Waals surface area contributed by atoms with Gasteiger partial charge in [0.25, 0.3) is 0 Å². The Morgan fingerprint density at radius 2 is 2.04 bits per heavy atom. The third-order valence-electron chi connectivity index (χ3n) is 4.14. The van der Waals surface area contributed by atoms with Crippen molar-refractivity contribution in [1.29, 1.82) is 0 Å². The summed E-state index contributed by atoms with van der Waals surface area (Å²) in [6.07, 6.45) is 5.55. The molecule has 1 aliphatic heterocycles. The summed E-state index contributed by atoms with van der Waals surface area (Å²) in [7, 11) is 0. The summed E-state index contributed by atoms with van der Waals surface area (Å²) in [6, 6.07) is 9.82. The van der Waals surface area contributed by atoms with E-state index in [0.29, 0.717) is 12.5 Å². The number of amides is 2. The third kappa shape index (κ3) is 5.55. The second kappa shape index (κ2) is 8.51. The van der Waals surface area contributed by atoms with Crippen LogP contribution < -0.4 is 5.32 Å². The molecule has 4 heteroatoms. The van der Waals surface area contributed by atoms with Gasteiger partial charge in [0.15, 0.2) is 0 Å². The van der Waals surface area contributed by atoms with Crippen molar-refractivity contribution in [3.05, 3.63) is 42.0 Å². The highest BCUT2D eigenvalue weighted by Crippen LogP contribution is 2.16. The molecule has 1 heterocycles. The first kappa shape index (κ1) is 17.3. The number of carbonyl (C=O) groups excluding carboxylic acids is 2. The molecule has 1 N–H and O–H groups in total. The first-order chi connectivity index (χ1) is 11.1. The van der Waals surface area contributed by atoms with Crippen LogP contribution in [0.4, 0.5) is 0 Å². The highest BCUT2D eigenvalue weighted by Gasteiger charge is 2.23. The van der Waals surface area contributed by atoms with Crippen molar-refractivity contribution in [3.8, 4) is 0 Å². The Labute approximate surface area is 138 Å². The van der Waals surface area contributed by atoms with Gasteiger partial charge >= 0.3 is 0 Å². The Hall–Kier alpha value is -2.10. The van der Waals surface area contributed by atoms with Crippen molar-refractivity contribution in [2.24, 2.45) is 11.8 Å². The zero-order valence-electron chi connectivity index (χ0n) is 14.0. The number of hydrogen-bond acceptors (Lipinski definition) is 2. The van der Waals surface area contributed by atoms with Crippen LogP contribution in [0.2, 0.25) is 0 Å². The molecule has 1 unspecified atom stereocenters. The van der Waals surface area contributed by atoms with E-state index < -0.39 is 0 Å². The molecule has 0 saturated carbocycles. The lowest BCUT2D eigenvalue weighted by Crippen LogP contribution is -2.43. The fourth-order valence-corrected chi connectivity index (χ4v) is 2.72. The Morgan fingerprint density at radius 1 is 1.30 bits per heavy atom. The topological polar surface area (TPSA) is 49.4 Å². The second-order valence-electron chi connectivity index (χ2n) is 6.44. The minimum absolute atomic E-state index is 0.00475. The maximum atomic E-state index is 12.3. The van der Waals surface area contributed by atoms with Crippen molar-refractivity contribution in [2.45, 2.75) is 26.7 Å². The molecule has 0 spiro atoms. The van der Waals surface area contributed by atoms with Crippen LogP contribution in [0.1, 0.15) is 32.3 Å². The molecule has 0 bridgehead atoms. The average molecular weight is 314 g/mol. The molecule has 1 aromatic carbocycles. The molecular formula is C19H26N2O2. The van der Waals surface area contributed by atoms with E-state index in [-0.39, 0.29) is 17.7 Å². The molecule has 1 saturated heterocycles. The van der Waals surface area contributed by atoms with Crippen LogP contribution in [-0.4, -0.2) is 36.3 Å². The molecule has 0 radical (unpaired) electrons. The number of nitrogens with one attached hydrogen (secondary N) is 1. The quantitative estimate of drug-likeness (QED) is 0.850. The molecule has 0 aromatic heterocycles. The van der Waals surface area contributed by atoms with Crippen LogP contribution in [0.15, 0.2) is 36.4 Å². The molecule has 4 nitrogen and oxygen atoms in total. The van der Waals surface area contributed by atoms with E-state index in [4.69, 9.17) is 0 Å². The standard InChI is InChI=1S/C19H26N2O2/c1-15(2)19(23)20-13-17-9-6-12-21(14-17)18(22)11-10-16-7-4-3-5-8-16/h3-5,7-8,10-11,15,17H,6,9,12-14H2,1-2H3,(H,20,23). The van der Waals surface area contributed by atoms with Gasteiger partial charge < -0.3 is 10.2 Å². The second-order valence-corrected chi connectivity index (χ2v) is 6.44. The summed E-state index contributed by atoms with van der Waals surface area (Å²) in [4.78, 5) is 25.9. The van der Waals surface area contributed by atoms with E-state index >= 15 is 0 Å². The number of hydrogen-bond donors (Lipinski definition) is 1. The smallest absolute Gasteiger partial charge is 0.246 e. The molecule has 1 aromatic rings. The zero-order chi connectivity index (χ0) is 16.7. The van der Waals surface area contributed by atoms with Crippen LogP contribution in [0.5, 0.6) is 0 Å². The van der Waals surface area contributed by atoms with Crippen LogP contribution >= 0.6 is 0 Å². The molecule has 1 atom stereocenters. The number of piperidine rings is 1. The predicted octanol–water partition coefficient (Wildman–Crippen LogP) is 2.71. The van der Waals surface area contributed by atoms with Crippen LogP contribution in [0.3, 0.4) is 0 Å². The zero-order valence-corrected chi connectivity index (χ0v) is 14.0. The van der Waals surface area contributed by atoms with Gasteiger partial charge in [0.05, 0.1) is 0 Å². The van der Waals surface area contributed by atoms with E-state index in [9.17, 15) is 9.59 Å². The van der Waals surface area contributed by atoms with Crippen molar-refractivity contribution >= 4 is 17.9 Å². The summed E-state index contributed by atoms with van der Waals surface area (Å²) in [6.45, 7) is 5.95. The lowest BCUT2D eigenvalue weighted by Gasteiger charge is -2.32. The van der Waals surface area contributed by atoms with E-state index in [1.807, 2.05) is 55.2 Å². The maximum Gasteiger partial charge on any atom is 0.246 e. The lowest BCUT2D eigenvalue weighted by atomic mass is 9.97. The van der Waals surface area contributed by atoms with E-state index in [2.05, 4.69) is 5.32 Å². The van der Waals surface area contributed by atoms with Crippen LogP contribution in [0, 0.1) is 11.8 Å². The van der Waals surface area contributed by atoms with Gasteiger partial charge in [-0.25, -0.2) is 0 Å². The lowest BCUT2D eigenvalue weighted by molar-refractivity contribution is -0.127. The highest BCUT2D eigenvalue weighted by atomic mass is 16.2. The molecule has 124 valence electrons. The van der Waals surface area contributed by atoms with Gasteiger partial charge in [0, 0.05) is 31.6 Å². The van der Waals surface area contributed by atoms with Crippen molar-refractivity contribution in [1.82, 2.24) is 10.2 Å². The van der Waals surface area contributed by atoms with E-state index in [1.54, 1.807) is 6.08 Å². The summed E-state index contributed by atoms with van der Waals surface area (Å²) in [5.74, 6) is 0.483. The molecule has 1 aliphatic rings. The summed E-state index contributed by atoms with van der Waals surface area (Å²) < 4.78 is 0. The molecule has 23 heavy (non-hydrogen) atoms. The van der Waals surface area contributed by atoms with Gasteiger partial charge in [-0.2, -0.15) is 0 Å². The first-order valence-electron chi connectivity index (χ1n) is 8.36. The van der Waals surface area contributed by atoms with Gasteiger partial charge in [-0.3, -0.25) is 9.59 Å². The maximum absolute atomic E-state index is 12.3. The molecular weight excluding hydrogens is 288 g/mol. The van der Waals surface area contributed by atoms with Gasteiger partial charge in [0.2, 0.25) is 11.8 Å². The Bertz CT molecular complexity index is 552. The largest absolute Gasteiger partial charge is 0.356 e. The van der Waals surface area contributed by atoms with Crippen LogP contribution in [0.25, 0.3) is 6.08 Å². The Balaban J connectivity index is 1.84. The monoisotopic (exact) mass is 314 g/mol. The number of nitrogens with zero attached hydrogens (tertiary/aromatic N) is 1. The molecule has 0 aliphatic carbocycles. The molecule has 2 amide bonds. The fourth-order valence-electron chi connectivity index (χ4n) is 2.72. The van der Waals surface area contributed by atoms with Crippen LogP contribution in [-0.2, 0) is 9.59 Å². The number of benzene rings is 1. The van der Waals surface area contributed by atoms with Gasteiger partial charge in [-0.15, -0.1) is 0 Å². The SMILES string of the molecule is CC(C)C(=O)NCC1CCCN(C(=O)C=Cc2ccccc2)C1. The van der Waals surface area contributed by atoms with E-state index in [0.717, 1.165) is 31.5 Å². The number of carbonyl (C=O) groups is 2. The first-order valence-corrected chi connectivity index (χ1v) is 8.36. The third-order valence-corrected chi connectivity index (χ3v) is 4.14. The van der Waals surface area contributed by atoms with E-state index in [1.165, 1.54) is 0 Å². The number of rotatable bonds is 5. The Kier molecular flexibility index (Phi) is 6.39. The normalized spacial score (nSPS) is 18.4. The predicted molar refractivity (Wildman–Crippen MR) is 92.6 cm³/mol. The minimum Gasteiger partial charge on any atom is -0.356 e. The highest BCUT2D eigenvalue weighted by molar-refractivity contribution is 5.91.